The number of benzene rings is 1. The van der Waals surface area contributed by atoms with Crippen molar-refractivity contribution in [2.75, 3.05) is 12.4 Å². The van der Waals surface area contributed by atoms with E-state index in [4.69, 9.17) is 32.7 Å². The number of esters is 1. The maximum Gasteiger partial charge on any atom is 0.342 e. The third-order valence-electron chi connectivity index (χ3n) is 3.01. The van der Waals surface area contributed by atoms with Crippen molar-refractivity contribution in [1.29, 1.82) is 0 Å². The number of anilines is 1. The van der Waals surface area contributed by atoms with Crippen LogP contribution in [0.5, 0.6) is 5.75 Å². The lowest BCUT2D eigenvalue weighted by atomic mass is 10.2. The lowest BCUT2D eigenvalue weighted by Gasteiger charge is -2.14. The van der Waals surface area contributed by atoms with Crippen LogP contribution in [-0.2, 0) is 9.53 Å². The quantitative estimate of drug-likeness (QED) is 0.816. The normalized spacial score (nSPS) is 11.5. The van der Waals surface area contributed by atoms with E-state index < -0.39 is 18.0 Å². The Morgan fingerprint density at radius 3 is 2.50 bits per heavy atom. The van der Waals surface area contributed by atoms with E-state index in [1.54, 1.807) is 18.2 Å². The third kappa shape index (κ3) is 4.59. The second kappa shape index (κ2) is 7.99. The summed E-state index contributed by atoms with van der Waals surface area (Å²) in [6, 6.07) is 7.65. The zero-order chi connectivity index (χ0) is 17.7. The van der Waals surface area contributed by atoms with Gasteiger partial charge >= 0.3 is 5.97 Å². The summed E-state index contributed by atoms with van der Waals surface area (Å²) in [4.78, 5) is 28.2. The fraction of sp³-hybridized carbons (Fsp3) is 0.188. The number of nitrogens with zero attached hydrogens (tertiary/aromatic N) is 1. The van der Waals surface area contributed by atoms with Crippen LogP contribution in [0, 0.1) is 0 Å². The Morgan fingerprint density at radius 1 is 1.17 bits per heavy atom. The van der Waals surface area contributed by atoms with Crippen LogP contribution < -0.4 is 10.1 Å². The minimum absolute atomic E-state index is 0.134. The number of aromatic nitrogens is 1. The van der Waals surface area contributed by atoms with E-state index in [1.807, 2.05) is 0 Å². The number of nitrogens with one attached hydrogen (secondary N) is 1. The van der Waals surface area contributed by atoms with E-state index in [-0.39, 0.29) is 5.56 Å². The van der Waals surface area contributed by atoms with Crippen LogP contribution in [-0.4, -0.2) is 30.1 Å². The molecule has 2 rings (SSSR count). The predicted molar refractivity (Wildman–Crippen MR) is 90.8 cm³/mol. The first-order valence-corrected chi connectivity index (χ1v) is 7.63. The van der Waals surface area contributed by atoms with Crippen molar-refractivity contribution in [2.45, 2.75) is 13.0 Å². The second-order valence-electron chi connectivity index (χ2n) is 4.74. The van der Waals surface area contributed by atoms with Gasteiger partial charge in [-0.2, -0.15) is 0 Å². The third-order valence-corrected chi connectivity index (χ3v) is 3.47. The molecular formula is C16H14Cl2N2O4. The molecule has 6 nitrogen and oxygen atoms in total. The number of ether oxygens (including phenoxy) is 2. The standard InChI is InChI=1S/C16H14Cl2N2O4/c1-9(15(21)20-14-6-4-11(18)8-19-14)24-16(22)12-7-10(17)3-5-13(12)23-2/h3-9H,1-2H3,(H,19,20,21). The molecule has 0 spiro atoms. The van der Waals surface area contributed by atoms with Gasteiger partial charge in [-0.05, 0) is 37.3 Å². The van der Waals surface area contributed by atoms with Crippen LogP contribution in [0.4, 0.5) is 5.82 Å². The fourth-order valence-electron chi connectivity index (χ4n) is 1.79. The number of hydrogen-bond acceptors (Lipinski definition) is 5. The summed E-state index contributed by atoms with van der Waals surface area (Å²) in [6.45, 7) is 1.44. The van der Waals surface area contributed by atoms with Gasteiger partial charge in [0.15, 0.2) is 6.10 Å². The predicted octanol–water partition coefficient (Wildman–Crippen LogP) is 3.58. The molecule has 1 aromatic heterocycles. The number of amides is 1. The molecule has 1 unspecified atom stereocenters. The molecule has 1 heterocycles. The summed E-state index contributed by atoms with van der Waals surface area (Å²) in [5.41, 5.74) is 0.134. The van der Waals surface area contributed by atoms with Gasteiger partial charge in [0.2, 0.25) is 0 Å². The van der Waals surface area contributed by atoms with Gasteiger partial charge in [0.1, 0.15) is 17.1 Å². The number of carbonyl (C=O) groups is 2. The molecule has 0 aliphatic heterocycles. The molecule has 1 atom stereocenters. The molecular weight excluding hydrogens is 355 g/mol. The zero-order valence-electron chi connectivity index (χ0n) is 12.9. The lowest BCUT2D eigenvalue weighted by molar-refractivity contribution is -0.123. The monoisotopic (exact) mass is 368 g/mol. The Hall–Kier alpha value is -2.31. The van der Waals surface area contributed by atoms with E-state index >= 15 is 0 Å². The molecule has 1 amide bonds. The van der Waals surface area contributed by atoms with E-state index in [0.717, 1.165) is 0 Å². The van der Waals surface area contributed by atoms with Gasteiger partial charge in [-0.25, -0.2) is 9.78 Å². The van der Waals surface area contributed by atoms with Gasteiger partial charge in [0, 0.05) is 11.2 Å². The molecule has 126 valence electrons. The maximum atomic E-state index is 12.2. The molecule has 2 aromatic rings. The highest BCUT2D eigenvalue weighted by Gasteiger charge is 2.22. The Kier molecular flexibility index (Phi) is 6.00. The number of halogens is 2. The molecule has 8 heteroatoms. The van der Waals surface area contributed by atoms with Crippen molar-refractivity contribution in [2.24, 2.45) is 0 Å². The van der Waals surface area contributed by atoms with E-state index in [1.165, 1.54) is 32.4 Å². The van der Waals surface area contributed by atoms with Gasteiger partial charge in [0.25, 0.3) is 5.91 Å². The Morgan fingerprint density at radius 2 is 1.88 bits per heavy atom. The van der Waals surface area contributed by atoms with Crippen LogP contribution in [0.15, 0.2) is 36.5 Å². The summed E-state index contributed by atoms with van der Waals surface area (Å²) < 4.78 is 10.2. The smallest absolute Gasteiger partial charge is 0.342 e. The molecule has 0 saturated heterocycles. The summed E-state index contributed by atoms with van der Waals surface area (Å²) >= 11 is 11.6. The van der Waals surface area contributed by atoms with Gasteiger partial charge < -0.3 is 14.8 Å². The summed E-state index contributed by atoms with van der Waals surface area (Å²) in [5.74, 6) is -0.649. The molecule has 0 radical (unpaired) electrons. The summed E-state index contributed by atoms with van der Waals surface area (Å²) in [7, 11) is 1.42. The zero-order valence-corrected chi connectivity index (χ0v) is 14.4. The minimum Gasteiger partial charge on any atom is -0.496 e. The van der Waals surface area contributed by atoms with Gasteiger partial charge in [0.05, 0.1) is 12.1 Å². The van der Waals surface area contributed by atoms with Crippen molar-refractivity contribution < 1.29 is 19.1 Å². The van der Waals surface area contributed by atoms with E-state index in [9.17, 15) is 9.59 Å². The van der Waals surface area contributed by atoms with Crippen molar-refractivity contribution in [3.8, 4) is 5.75 Å². The van der Waals surface area contributed by atoms with Crippen LogP contribution in [0.3, 0.4) is 0 Å². The van der Waals surface area contributed by atoms with Gasteiger partial charge in [-0.3, -0.25) is 4.79 Å². The largest absolute Gasteiger partial charge is 0.496 e. The first-order chi connectivity index (χ1) is 11.4. The number of pyridine rings is 1. The van der Waals surface area contributed by atoms with Crippen LogP contribution in [0.2, 0.25) is 10.0 Å². The SMILES string of the molecule is COc1ccc(Cl)cc1C(=O)OC(C)C(=O)Nc1ccc(Cl)cn1. The molecule has 1 N–H and O–H groups in total. The first kappa shape index (κ1) is 18.0. The number of hydrogen-bond donors (Lipinski definition) is 1. The topological polar surface area (TPSA) is 77.5 Å². The maximum absolute atomic E-state index is 12.2. The number of carbonyl (C=O) groups excluding carboxylic acids is 2. The minimum atomic E-state index is -1.04. The molecule has 0 fully saturated rings. The Labute approximate surface area is 148 Å². The van der Waals surface area contributed by atoms with Crippen molar-refractivity contribution in [3.05, 3.63) is 52.1 Å². The van der Waals surface area contributed by atoms with E-state index in [2.05, 4.69) is 10.3 Å². The second-order valence-corrected chi connectivity index (χ2v) is 5.62. The molecule has 0 aliphatic carbocycles. The molecule has 0 bridgehead atoms. The van der Waals surface area contributed by atoms with Crippen LogP contribution >= 0.6 is 23.2 Å². The average Bonchev–Trinajstić information content (AvgIpc) is 2.56. The van der Waals surface area contributed by atoms with Crippen LogP contribution in [0.1, 0.15) is 17.3 Å². The van der Waals surface area contributed by atoms with Crippen molar-refractivity contribution >= 4 is 40.9 Å². The highest BCUT2D eigenvalue weighted by Crippen LogP contribution is 2.24. The molecule has 0 aliphatic rings. The van der Waals surface area contributed by atoms with Crippen molar-refractivity contribution in [3.63, 3.8) is 0 Å². The van der Waals surface area contributed by atoms with Gasteiger partial charge in [-0.15, -0.1) is 0 Å². The molecule has 0 saturated carbocycles. The van der Waals surface area contributed by atoms with Crippen molar-refractivity contribution in [1.82, 2.24) is 4.98 Å². The molecule has 24 heavy (non-hydrogen) atoms. The Bertz CT molecular complexity index is 750. The molecule has 1 aromatic carbocycles. The highest BCUT2D eigenvalue weighted by atomic mass is 35.5. The average molecular weight is 369 g/mol. The number of methoxy groups -OCH3 is 1. The summed E-state index contributed by atoms with van der Waals surface area (Å²) in [5, 5.41) is 3.32. The Balaban J connectivity index is 2.04. The lowest BCUT2D eigenvalue weighted by Crippen LogP contribution is -2.30. The van der Waals surface area contributed by atoms with Crippen LogP contribution in [0.25, 0.3) is 0 Å². The summed E-state index contributed by atoms with van der Waals surface area (Å²) in [6.07, 6.45) is 0.351. The highest BCUT2D eigenvalue weighted by molar-refractivity contribution is 6.31. The van der Waals surface area contributed by atoms with Gasteiger partial charge in [-0.1, -0.05) is 23.2 Å². The fourth-order valence-corrected chi connectivity index (χ4v) is 2.08. The van der Waals surface area contributed by atoms with E-state index in [0.29, 0.717) is 21.6 Å². The number of rotatable bonds is 5. The first-order valence-electron chi connectivity index (χ1n) is 6.87.